The van der Waals surface area contributed by atoms with Gasteiger partial charge in [0, 0.05) is 18.6 Å². The molecule has 0 radical (unpaired) electrons. The average molecular weight is 239 g/mol. The highest BCUT2D eigenvalue weighted by Crippen LogP contribution is 2.33. The summed E-state index contributed by atoms with van der Waals surface area (Å²) in [5.41, 5.74) is 6.12. The van der Waals surface area contributed by atoms with E-state index in [4.69, 9.17) is 5.73 Å². The molecule has 92 valence electrons. The molecule has 1 aliphatic rings. The second-order valence-electron chi connectivity index (χ2n) is 4.28. The van der Waals surface area contributed by atoms with Crippen LogP contribution in [0.5, 0.6) is 0 Å². The number of halogens is 1. The fourth-order valence-electron chi connectivity index (χ4n) is 2.19. The molecular formula is C11H14FN3O2. The van der Waals surface area contributed by atoms with Gasteiger partial charge < -0.3 is 10.6 Å². The van der Waals surface area contributed by atoms with E-state index in [1.54, 1.807) is 0 Å². The van der Waals surface area contributed by atoms with Crippen molar-refractivity contribution in [2.75, 3.05) is 11.4 Å². The summed E-state index contributed by atoms with van der Waals surface area (Å²) < 4.78 is 13.0. The molecule has 2 N–H and O–H groups in total. The molecular weight excluding hydrogens is 225 g/mol. The second-order valence-corrected chi connectivity index (χ2v) is 4.28. The molecule has 1 heterocycles. The Morgan fingerprint density at radius 2 is 2.29 bits per heavy atom. The Hall–Kier alpha value is -1.69. The maximum absolute atomic E-state index is 13.0. The lowest BCUT2D eigenvalue weighted by atomic mass is 10.1. The first-order valence-electron chi connectivity index (χ1n) is 5.47. The molecule has 5 nitrogen and oxygen atoms in total. The zero-order valence-electron chi connectivity index (χ0n) is 9.47. The molecule has 0 saturated carbocycles. The third-order valence-electron chi connectivity index (χ3n) is 3.26. The minimum Gasteiger partial charge on any atom is -0.362 e. The zero-order chi connectivity index (χ0) is 12.6. The largest absolute Gasteiger partial charge is 0.362 e. The molecule has 1 saturated heterocycles. The van der Waals surface area contributed by atoms with E-state index in [0.29, 0.717) is 12.2 Å². The van der Waals surface area contributed by atoms with Crippen LogP contribution in [-0.4, -0.2) is 23.6 Å². The maximum Gasteiger partial charge on any atom is 0.295 e. The van der Waals surface area contributed by atoms with Gasteiger partial charge in [0.1, 0.15) is 11.5 Å². The topological polar surface area (TPSA) is 72.4 Å². The fourth-order valence-corrected chi connectivity index (χ4v) is 2.19. The Morgan fingerprint density at radius 3 is 2.82 bits per heavy atom. The van der Waals surface area contributed by atoms with Crippen LogP contribution in [0.4, 0.5) is 15.8 Å². The molecule has 0 amide bonds. The predicted octanol–water partition coefficient (Wildman–Crippen LogP) is 1.66. The molecule has 0 aliphatic carbocycles. The Bertz CT molecular complexity index is 452. The summed E-state index contributed by atoms with van der Waals surface area (Å²) in [6.45, 7) is 2.58. The first-order valence-corrected chi connectivity index (χ1v) is 5.47. The normalized spacial score (nSPS) is 24.1. The van der Waals surface area contributed by atoms with Crippen LogP contribution in [0.2, 0.25) is 0 Å². The van der Waals surface area contributed by atoms with Crippen molar-refractivity contribution in [3.8, 4) is 0 Å². The van der Waals surface area contributed by atoms with E-state index >= 15 is 0 Å². The number of nitro groups is 1. The van der Waals surface area contributed by atoms with Crippen molar-refractivity contribution >= 4 is 11.4 Å². The molecule has 17 heavy (non-hydrogen) atoms. The fraction of sp³-hybridized carbons (Fsp3) is 0.455. The lowest BCUT2D eigenvalue weighted by molar-refractivity contribution is -0.384. The van der Waals surface area contributed by atoms with Gasteiger partial charge in [0.2, 0.25) is 0 Å². The molecule has 0 bridgehead atoms. The van der Waals surface area contributed by atoms with Crippen LogP contribution < -0.4 is 10.6 Å². The van der Waals surface area contributed by atoms with Crippen molar-refractivity contribution in [1.29, 1.82) is 0 Å². The molecule has 0 spiro atoms. The number of nitrogens with two attached hydrogens (primary N) is 1. The first kappa shape index (κ1) is 11.8. The van der Waals surface area contributed by atoms with E-state index in [1.165, 1.54) is 12.1 Å². The van der Waals surface area contributed by atoms with Gasteiger partial charge in [-0.15, -0.1) is 0 Å². The highest BCUT2D eigenvalue weighted by molar-refractivity contribution is 5.64. The summed E-state index contributed by atoms with van der Waals surface area (Å²) in [6.07, 6.45) is 0.787. The molecule has 6 heteroatoms. The van der Waals surface area contributed by atoms with Crippen molar-refractivity contribution in [3.63, 3.8) is 0 Å². The summed E-state index contributed by atoms with van der Waals surface area (Å²) >= 11 is 0. The summed E-state index contributed by atoms with van der Waals surface area (Å²) in [7, 11) is 0. The number of rotatable bonds is 2. The van der Waals surface area contributed by atoms with Crippen LogP contribution >= 0.6 is 0 Å². The van der Waals surface area contributed by atoms with Crippen LogP contribution in [-0.2, 0) is 0 Å². The number of hydrogen-bond donors (Lipinski definition) is 1. The van der Waals surface area contributed by atoms with Gasteiger partial charge in [-0.05, 0) is 25.5 Å². The minimum absolute atomic E-state index is 0.000317. The predicted molar refractivity (Wildman–Crippen MR) is 62.5 cm³/mol. The van der Waals surface area contributed by atoms with Crippen molar-refractivity contribution < 1.29 is 9.31 Å². The van der Waals surface area contributed by atoms with Crippen molar-refractivity contribution in [2.24, 2.45) is 5.73 Å². The molecule has 1 aliphatic heterocycles. The van der Waals surface area contributed by atoms with Gasteiger partial charge >= 0.3 is 0 Å². The van der Waals surface area contributed by atoms with Crippen molar-refractivity contribution in [3.05, 3.63) is 34.1 Å². The second kappa shape index (κ2) is 4.29. The van der Waals surface area contributed by atoms with Gasteiger partial charge in [-0.1, -0.05) is 0 Å². The molecule has 2 unspecified atom stereocenters. The van der Waals surface area contributed by atoms with Gasteiger partial charge in [0.15, 0.2) is 0 Å². The van der Waals surface area contributed by atoms with Gasteiger partial charge in [0.25, 0.3) is 5.69 Å². The molecule has 2 rings (SSSR count). The van der Waals surface area contributed by atoms with E-state index in [2.05, 4.69) is 0 Å². The van der Waals surface area contributed by atoms with E-state index < -0.39 is 10.7 Å². The average Bonchev–Trinajstić information content (AvgIpc) is 2.60. The van der Waals surface area contributed by atoms with Gasteiger partial charge in [0.05, 0.1) is 11.0 Å². The summed E-state index contributed by atoms with van der Waals surface area (Å²) in [5.74, 6) is -0.600. The van der Waals surface area contributed by atoms with Crippen LogP contribution in [0, 0.1) is 15.9 Å². The molecule has 2 atom stereocenters. The minimum atomic E-state index is -0.600. The van der Waals surface area contributed by atoms with Gasteiger partial charge in [-0.25, -0.2) is 4.39 Å². The zero-order valence-corrected chi connectivity index (χ0v) is 9.47. The standard InChI is InChI=1S/C11H14FN3O2/c1-7-9(13)4-5-14(7)10-3-2-8(12)6-11(10)15(16)17/h2-3,6-7,9H,4-5,13H2,1H3. The van der Waals surface area contributed by atoms with Crippen LogP contribution in [0.3, 0.4) is 0 Å². The van der Waals surface area contributed by atoms with E-state index in [0.717, 1.165) is 12.5 Å². The number of benzene rings is 1. The van der Waals surface area contributed by atoms with E-state index in [-0.39, 0.29) is 17.8 Å². The number of nitro benzene ring substituents is 1. The number of hydrogen-bond acceptors (Lipinski definition) is 4. The summed E-state index contributed by atoms with van der Waals surface area (Å²) in [4.78, 5) is 12.2. The van der Waals surface area contributed by atoms with Crippen molar-refractivity contribution in [1.82, 2.24) is 0 Å². The van der Waals surface area contributed by atoms with Gasteiger partial charge in [-0.2, -0.15) is 0 Å². The third kappa shape index (κ3) is 2.08. The van der Waals surface area contributed by atoms with Gasteiger partial charge in [-0.3, -0.25) is 10.1 Å². The summed E-state index contributed by atoms with van der Waals surface area (Å²) in [6, 6.07) is 3.66. The quantitative estimate of drug-likeness (QED) is 0.629. The van der Waals surface area contributed by atoms with Crippen molar-refractivity contribution in [2.45, 2.75) is 25.4 Å². The van der Waals surface area contributed by atoms with Crippen LogP contribution in [0.15, 0.2) is 18.2 Å². The molecule has 1 fully saturated rings. The Morgan fingerprint density at radius 1 is 1.59 bits per heavy atom. The lowest BCUT2D eigenvalue weighted by Gasteiger charge is -2.24. The highest BCUT2D eigenvalue weighted by Gasteiger charge is 2.32. The smallest absolute Gasteiger partial charge is 0.295 e. The maximum atomic E-state index is 13.0. The SMILES string of the molecule is CC1C(N)CCN1c1ccc(F)cc1[N+](=O)[O-]. The van der Waals surface area contributed by atoms with E-state index in [1.807, 2.05) is 11.8 Å². The van der Waals surface area contributed by atoms with Crippen LogP contribution in [0.1, 0.15) is 13.3 Å². The molecule has 1 aromatic carbocycles. The number of anilines is 1. The van der Waals surface area contributed by atoms with Crippen LogP contribution in [0.25, 0.3) is 0 Å². The first-order chi connectivity index (χ1) is 8.00. The Labute approximate surface area is 98.2 Å². The molecule has 1 aromatic rings. The lowest BCUT2D eigenvalue weighted by Crippen LogP contribution is -2.37. The Balaban J connectivity index is 2.42. The number of nitrogens with zero attached hydrogens (tertiary/aromatic N) is 2. The summed E-state index contributed by atoms with van der Waals surface area (Å²) in [5, 5.41) is 10.9. The third-order valence-corrected chi connectivity index (χ3v) is 3.26. The Kier molecular flexibility index (Phi) is 2.97. The highest BCUT2D eigenvalue weighted by atomic mass is 19.1. The molecule has 0 aromatic heterocycles. The monoisotopic (exact) mass is 239 g/mol. The van der Waals surface area contributed by atoms with E-state index in [9.17, 15) is 14.5 Å².